The quantitative estimate of drug-likeness (QED) is 0.759. The number of Topliss-reactive ketones (excluding diaryl/α,β-unsaturated/α-hetero) is 2. The highest BCUT2D eigenvalue weighted by Gasteiger charge is 2.10. The van der Waals surface area contributed by atoms with Crippen LogP contribution in [0.5, 0.6) is 0 Å². The highest BCUT2D eigenvalue weighted by atomic mass is 32.2. The van der Waals surface area contributed by atoms with Gasteiger partial charge in [-0.3, -0.25) is 9.59 Å². The Bertz CT molecular complexity index is 440. The van der Waals surface area contributed by atoms with Crippen LogP contribution in [0, 0.1) is 0 Å². The van der Waals surface area contributed by atoms with Gasteiger partial charge in [0.15, 0.2) is 11.6 Å². The molecule has 0 fully saturated rings. The molecule has 2 rings (SSSR count). The van der Waals surface area contributed by atoms with Crippen molar-refractivity contribution < 1.29 is 9.59 Å². The van der Waals surface area contributed by atoms with Crippen LogP contribution in [0.3, 0.4) is 0 Å². The highest BCUT2D eigenvalue weighted by Crippen LogP contribution is 2.16. The van der Waals surface area contributed by atoms with Crippen molar-refractivity contribution in [2.45, 2.75) is 0 Å². The third kappa shape index (κ3) is 3.52. The van der Waals surface area contributed by atoms with E-state index in [1.807, 2.05) is 35.0 Å². The number of thioether (sulfide) groups is 1. The Morgan fingerprint density at radius 2 is 1.41 bits per heavy atom. The molecular formula is C12H10O2S3. The summed E-state index contributed by atoms with van der Waals surface area (Å²) < 4.78 is 0. The second-order valence-electron chi connectivity index (χ2n) is 3.29. The summed E-state index contributed by atoms with van der Waals surface area (Å²) in [5.74, 6) is 0.947. The van der Waals surface area contributed by atoms with E-state index in [0.29, 0.717) is 11.5 Å². The minimum Gasteiger partial charge on any atom is -0.292 e. The molecule has 2 aromatic rings. The van der Waals surface area contributed by atoms with Gasteiger partial charge in [0.05, 0.1) is 21.3 Å². The summed E-state index contributed by atoms with van der Waals surface area (Å²) in [5, 5.41) is 3.77. The van der Waals surface area contributed by atoms with Gasteiger partial charge in [0.25, 0.3) is 0 Å². The third-order valence-electron chi connectivity index (χ3n) is 2.06. The second-order valence-corrected chi connectivity index (χ2v) is 6.17. The number of thiophene rings is 2. The zero-order valence-electron chi connectivity index (χ0n) is 8.92. The molecule has 2 nitrogen and oxygen atoms in total. The minimum absolute atomic E-state index is 0.101. The molecule has 0 radical (unpaired) electrons. The van der Waals surface area contributed by atoms with Gasteiger partial charge < -0.3 is 0 Å². The molecule has 0 aromatic carbocycles. The Balaban J connectivity index is 1.77. The Morgan fingerprint density at radius 1 is 0.941 bits per heavy atom. The maximum Gasteiger partial charge on any atom is 0.182 e. The van der Waals surface area contributed by atoms with E-state index in [0.717, 1.165) is 9.75 Å². The standard InChI is InChI=1S/C12H10O2S3/c13-9(11-3-1-5-16-11)7-15-8-10(14)12-4-2-6-17-12/h1-6H,7-8H2. The molecule has 0 N–H and O–H groups in total. The molecule has 0 atom stereocenters. The van der Waals surface area contributed by atoms with E-state index in [9.17, 15) is 9.59 Å². The van der Waals surface area contributed by atoms with E-state index >= 15 is 0 Å². The summed E-state index contributed by atoms with van der Waals surface area (Å²) in [5.41, 5.74) is 0. The van der Waals surface area contributed by atoms with Crippen molar-refractivity contribution in [1.29, 1.82) is 0 Å². The van der Waals surface area contributed by atoms with Gasteiger partial charge in [0.2, 0.25) is 0 Å². The lowest BCUT2D eigenvalue weighted by Crippen LogP contribution is -2.05. The highest BCUT2D eigenvalue weighted by molar-refractivity contribution is 8.00. The first-order chi connectivity index (χ1) is 8.27. The van der Waals surface area contributed by atoms with Crippen LogP contribution in [0.15, 0.2) is 35.0 Å². The van der Waals surface area contributed by atoms with E-state index in [1.165, 1.54) is 34.4 Å². The molecule has 0 bridgehead atoms. The predicted molar refractivity (Wildman–Crippen MR) is 74.6 cm³/mol. The van der Waals surface area contributed by atoms with Gasteiger partial charge in [-0.1, -0.05) is 12.1 Å². The van der Waals surface area contributed by atoms with Gasteiger partial charge in [0.1, 0.15) is 0 Å². The van der Waals surface area contributed by atoms with Gasteiger partial charge >= 0.3 is 0 Å². The van der Waals surface area contributed by atoms with E-state index in [4.69, 9.17) is 0 Å². The zero-order valence-corrected chi connectivity index (χ0v) is 11.4. The van der Waals surface area contributed by atoms with E-state index in [2.05, 4.69) is 0 Å². The summed E-state index contributed by atoms with van der Waals surface area (Å²) in [6.45, 7) is 0. The van der Waals surface area contributed by atoms with E-state index < -0.39 is 0 Å². The average Bonchev–Trinajstić information content (AvgIpc) is 3.02. The fourth-order valence-corrected chi connectivity index (χ4v) is 3.55. The summed E-state index contributed by atoms with van der Waals surface area (Å²) in [6.07, 6.45) is 0. The number of hydrogen-bond donors (Lipinski definition) is 0. The van der Waals surface area contributed by atoms with Crippen LogP contribution >= 0.6 is 34.4 Å². The maximum atomic E-state index is 11.7. The molecule has 5 heteroatoms. The van der Waals surface area contributed by atoms with Crippen molar-refractivity contribution in [3.05, 3.63) is 44.8 Å². The van der Waals surface area contributed by atoms with Crippen molar-refractivity contribution in [1.82, 2.24) is 0 Å². The molecule has 88 valence electrons. The molecule has 0 unspecified atom stereocenters. The third-order valence-corrected chi connectivity index (χ3v) is 4.81. The number of carbonyl (C=O) groups is 2. The SMILES string of the molecule is O=C(CSCC(=O)c1cccs1)c1cccs1. The van der Waals surface area contributed by atoms with Crippen molar-refractivity contribution >= 4 is 46.0 Å². The monoisotopic (exact) mass is 282 g/mol. The first-order valence-corrected chi connectivity index (χ1v) is 7.90. The Kier molecular flexibility index (Phi) is 4.53. The smallest absolute Gasteiger partial charge is 0.182 e. The van der Waals surface area contributed by atoms with Crippen LogP contribution in [0.2, 0.25) is 0 Å². The summed E-state index contributed by atoms with van der Waals surface area (Å²) in [4.78, 5) is 24.8. The minimum atomic E-state index is 0.101. The fraction of sp³-hybridized carbons (Fsp3) is 0.167. The first-order valence-electron chi connectivity index (χ1n) is 4.98. The maximum absolute atomic E-state index is 11.7. The number of rotatable bonds is 6. The zero-order chi connectivity index (χ0) is 12.1. The lowest BCUT2D eigenvalue weighted by Gasteiger charge is -1.98. The number of hydrogen-bond acceptors (Lipinski definition) is 5. The van der Waals surface area contributed by atoms with Crippen LogP contribution < -0.4 is 0 Å². The molecule has 0 aliphatic rings. The van der Waals surface area contributed by atoms with Crippen LogP contribution in [0.4, 0.5) is 0 Å². The fourth-order valence-electron chi connectivity index (χ4n) is 1.25. The van der Waals surface area contributed by atoms with Crippen molar-refractivity contribution in [2.75, 3.05) is 11.5 Å². The van der Waals surface area contributed by atoms with E-state index in [1.54, 1.807) is 0 Å². The summed E-state index contributed by atoms with van der Waals surface area (Å²) in [6, 6.07) is 7.35. The van der Waals surface area contributed by atoms with Crippen LogP contribution in [0.25, 0.3) is 0 Å². The molecular weight excluding hydrogens is 272 g/mol. The average molecular weight is 282 g/mol. The van der Waals surface area contributed by atoms with Gasteiger partial charge in [-0.15, -0.1) is 34.4 Å². The molecule has 0 aliphatic carbocycles. The van der Waals surface area contributed by atoms with Crippen molar-refractivity contribution in [2.24, 2.45) is 0 Å². The first kappa shape index (κ1) is 12.5. The Morgan fingerprint density at radius 3 is 1.76 bits per heavy atom. The van der Waals surface area contributed by atoms with Gasteiger partial charge in [-0.2, -0.15) is 0 Å². The van der Waals surface area contributed by atoms with Crippen molar-refractivity contribution in [3.8, 4) is 0 Å². The van der Waals surface area contributed by atoms with Crippen molar-refractivity contribution in [3.63, 3.8) is 0 Å². The largest absolute Gasteiger partial charge is 0.292 e. The predicted octanol–water partition coefficient (Wildman–Crippen LogP) is 3.61. The topological polar surface area (TPSA) is 34.1 Å². The molecule has 2 heterocycles. The van der Waals surface area contributed by atoms with Crippen LogP contribution in [0.1, 0.15) is 19.3 Å². The summed E-state index contributed by atoms with van der Waals surface area (Å²) in [7, 11) is 0. The van der Waals surface area contributed by atoms with Gasteiger partial charge in [-0.05, 0) is 22.9 Å². The lowest BCUT2D eigenvalue weighted by molar-refractivity contribution is 0.102. The molecule has 0 aliphatic heterocycles. The van der Waals surface area contributed by atoms with Gasteiger partial charge in [0, 0.05) is 0 Å². The number of carbonyl (C=O) groups excluding carboxylic acids is 2. The molecule has 0 amide bonds. The van der Waals surface area contributed by atoms with Crippen LogP contribution in [-0.2, 0) is 0 Å². The molecule has 17 heavy (non-hydrogen) atoms. The Labute approximate surface area is 112 Å². The second kappa shape index (κ2) is 6.14. The van der Waals surface area contributed by atoms with E-state index in [-0.39, 0.29) is 11.6 Å². The van der Waals surface area contributed by atoms with Crippen LogP contribution in [-0.4, -0.2) is 23.1 Å². The molecule has 0 spiro atoms. The molecule has 0 saturated heterocycles. The molecule has 2 aromatic heterocycles. The van der Waals surface area contributed by atoms with Gasteiger partial charge in [-0.25, -0.2) is 0 Å². The lowest BCUT2D eigenvalue weighted by atomic mass is 10.3. The number of ketones is 2. The molecule has 0 saturated carbocycles. The normalized spacial score (nSPS) is 10.4. The summed E-state index contributed by atoms with van der Waals surface area (Å²) >= 11 is 4.26. The Hall–Kier alpha value is -0.910.